The van der Waals surface area contributed by atoms with E-state index in [0.717, 1.165) is 17.4 Å². The van der Waals surface area contributed by atoms with E-state index >= 15 is 0 Å². The number of carbonyl (C=O) groups excluding carboxylic acids is 1. The third-order valence-corrected chi connectivity index (χ3v) is 4.33. The van der Waals surface area contributed by atoms with Crippen LogP contribution in [0.5, 0.6) is 0 Å². The Morgan fingerprint density at radius 3 is 1.93 bits per heavy atom. The molecule has 0 saturated carbocycles. The van der Waals surface area contributed by atoms with Gasteiger partial charge in [-0.1, -0.05) is 101 Å². The lowest BCUT2D eigenvalue weighted by atomic mass is 9.95. The molecule has 146 valence electrons. The number of hydrogen-bond donors (Lipinski definition) is 0. The number of hydrogen-bond acceptors (Lipinski definition) is 1. The van der Waals surface area contributed by atoms with Gasteiger partial charge in [-0.2, -0.15) is 0 Å². The monoisotopic (exact) mass is 372 g/mol. The molecule has 3 aromatic rings. The van der Waals surface area contributed by atoms with Gasteiger partial charge in [0.2, 0.25) is 0 Å². The second kappa shape index (κ2) is 12.5. The summed E-state index contributed by atoms with van der Waals surface area (Å²) in [6.45, 7) is 12.2. The maximum Gasteiger partial charge on any atom is 0.150 e. The minimum atomic E-state index is 0.715. The summed E-state index contributed by atoms with van der Waals surface area (Å²) >= 11 is 0. The minimum absolute atomic E-state index is 0.715. The van der Waals surface area contributed by atoms with Crippen molar-refractivity contribution in [1.29, 1.82) is 0 Å². The first kappa shape index (κ1) is 23.1. The van der Waals surface area contributed by atoms with Crippen LogP contribution in [0.2, 0.25) is 0 Å². The van der Waals surface area contributed by atoms with Crippen molar-refractivity contribution in [2.45, 2.75) is 41.5 Å². The first-order valence-electron chi connectivity index (χ1n) is 10.1. The molecule has 0 amide bonds. The fourth-order valence-corrected chi connectivity index (χ4v) is 2.90. The highest BCUT2D eigenvalue weighted by molar-refractivity contribution is 5.80. The van der Waals surface area contributed by atoms with Gasteiger partial charge in [-0.25, -0.2) is 0 Å². The Kier molecular flexibility index (Phi) is 10.3. The lowest BCUT2D eigenvalue weighted by Crippen LogP contribution is -1.88. The molecule has 0 atom stereocenters. The van der Waals surface area contributed by atoms with E-state index in [2.05, 4.69) is 61.5 Å². The zero-order valence-electron chi connectivity index (χ0n) is 18.0. The van der Waals surface area contributed by atoms with Crippen LogP contribution in [0.15, 0.2) is 66.7 Å². The summed E-state index contributed by atoms with van der Waals surface area (Å²) in [4.78, 5) is 10.8. The largest absolute Gasteiger partial charge is 0.298 e. The number of rotatable bonds is 4. The molecule has 0 bridgehead atoms. The number of aldehydes is 1. The van der Waals surface area contributed by atoms with Gasteiger partial charge in [-0.15, -0.1) is 0 Å². The Balaban J connectivity index is 0.000000921. The molecular weight excluding hydrogens is 340 g/mol. The topological polar surface area (TPSA) is 17.1 Å². The molecule has 3 rings (SSSR count). The van der Waals surface area contributed by atoms with E-state index in [-0.39, 0.29) is 0 Å². The van der Waals surface area contributed by atoms with E-state index in [4.69, 9.17) is 0 Å². The summed E-state index contributed by atoms with van der Waals surface area (Å²) in [5, 5.41) is 0. The van der Waals surface area contributed by atoms with Crippen LogP contribution >= 0.6 is 0 Å². The molecule has 0 unspecified atom stereocenters. The van der Waals surface area contributed by atoms with Gasteiger partial charge in [0.15, 0.2) is 0 Å². The quantitative estimate of drug-likeness (QED) is 0.335. The van der Waals surface area contributed by atoms with Crippen molar-refractivity contribution in [1.82, 2.24) is 0 Å². The van der Waals surface area contributed by atoms with Crippen LogP contribution in [0.3, 0.4) is 0 Å². The van der Waals surface area contributed by atoms with Crippen molar-refractivity contribution in [3.8, 4) is 11.1 Å². The van der Waals surface area contributed by atoms with E-state index in [1.165, 1.54) is 22.3 Å². The average Bonchev–Trinajstić information content (AvgIpc) is 2.77. The Labute approximate surface area is 170 Å². The molecule has 0 aliphatic heterocycles. The number of aryl methyl sites for hydroxylation is 1. The molecule has 3 aromatic carbocycles. The van der Waals surface area contributed by atoms with Crippen LogP contribution in [0, 0.1) is 13.8 Å². The summed E-state index contributed by atoms with van der Waals surface area (Å²) < 4.78 is 0. The maximum absolute atomic E-state index is 10.8. The molecule has 0 N–H and O–H groups in total. The van der Waals surface area contributed by atoms with E-state index < -0.39 is 0 Å². The highest BCUT2D eigenvalue weighted by Crippen LogP contribution is 2.26. The van der Waals surface area contributed by atoms with Crippen LogP contribution in [-0.4, -0.2) is 6.29 Å². The molecule has 0 aliphatic carbocycles. The van der Waals surface area contributed by atoms with E-state index in [1.807, 2.05) is 58.9 Å². The fourth-order valence-electron chi connectivity index (χ4n) is 2.90. The molecule has 0 spiro atoms. The van der Waals surface area contributed by atoms with Gasteiger partial charge < -0.3 is 0 Å². The van der Waals surface area contributed by atoms with Gasteiger partial charge in [0.1, 0.15) is 6.29 Å². The third kappa shape index (κ3) is 6.06. The van der Waals surface area contributed by atoms with Gasteiger partial charge in [-0.05, 0) is 53.3 Å². The summed E-state index contributed by atoms with van der Waals surface area (Å²) in [6.07, 6.45) is 5.14. The molecule has 0 aromatic heterocycles. The van der Waals surface area contributed by atoms with Crippen molar-refractivity contribution < 1.29 is 4.79 Å². The molecule has 0 aliphatic rings. The maximum atomic E-state index is 10.8. The Hall–Kier alpha value is -2.93. The highest BCUT2D eigenvalue weighted by atomic mass is 16.1. The van der Waals surface area contributed by atoms with Gasteiger partial charge in [0, 0.05) is 5.56 Å². The number of carbonyl (C=O) groups is 1. The standard InChI is InChI=1S/C23H20O.2C2H6/c1-17-15-19(16-24)11-12-20(17)13-14-21-9-6-10-23(18(21)2)22-7-4-3-5-8-22;2*1-2/h3-16H,1-2H3;2*1-2H3/b14-13+;;. The van der Waals surface area contributed by atoms with Crippen LogP contribution in [-0.2, 0) is 0 Å². The molecule has 1 heteroatoms. The Morgan fingerprint density at radius 2 is 1.32 bits per heavy atom. The lowest BCUT2D eigenvalue weighted by molar-refractivity contribution is 0.112. The summed E-state index contributed by atoms with van der Waals surface area (Å²) in [5.41, 5.74) is 7.91. The molecule has 0 radical (unpaired) electrons. The summed E-state index contributed by atoms with van der Waals surface area (Å²) in [6, 6.07) is 22.6. The van der Waals surface area contributed by atoms with Crippen molar-refractivity contribution in [2.75, 3.05) is 0 Å². The fraction of sp³-hybridized carbons (Fsp3) is 0.222. The Morgan fingerprint density at radius 1 is 0.679 bits per heavy atom. The van der Waals surface area contributed by atoms with Crippen LogP contribution in [0.4, 0.5) is 0 Å². The Bertz CT molecular complexity index is 889. The van der Waals surface area contributed by atoms with Gasteiger partial charge in [0.05, 0.1) is 0 Å². The molecule has 0 fully saturated rings. The van der Waals surface area contributed by atoms with Crippen molar-refractivity contribution in [3.05, 3.63) is 94.5 Å². The van der Waals surface area contributed by atoms with Gasteiger partial charge in [-0.3, -0.25) is 4.79 Å². The molecule has 28 heavy (non-hydrogen) atoms. The lowest BCUT2D eigenvalue weighted by Gasteiger charge is -2.09. The SMILES string of the molecule is CC.CC.Cc1cc(C=O)ccc1/C=C/c1cccc(-c2ccccc2)c1C. The predicted octanol–water partition coefficient (Wildman–Crippen LogP) is 8.01. The smallest absolute Gasteiger partial charge is 0.150 e. The van der Waals surface area contributed by atoms with Crippen LogP contribution in [0.25, 0.3) is 23.3 Å². The molecule has 0 saturated heterocycles. The summed E-state index contributed by atoms with van der Waals surface area (Å²) in [5.74, 6) is 0. The minimum Gasteiger partial charge on any atom is -0.298 e. The van der Waals surface area contributed by atoms with Crippen molar-refractivity contribution in [2.24, 2.45) is 0 Å². The second-order valence-electron chi connectivity index (χ2n) is 5.95. The highest BCUT2D eigenvalue weighted by Gasteiger charge is 2.04. The zero-order valence-corrected chi connectivity index (χ0v) is 18.0. The van der Waals surface area contributed by atoms with E-state index in [1.54, 1.807) is 0 Å². The molecule has 0 heterocycles. The predicted molar refractivity (Wildman–Crippen MR) is 125 cm³/mol. The zero-order chi connectivity index (χ0) is 20.9. The summed E-state index contributed by atoms with van der Waals surface area (Å²) in [7, 11) is 0. The first-order chi connectivity index (χ1) is 13.7. The molecular formula is C27H32O. The number of benzene rings is 3. The normalized spacial score (nSPS) is 9.79. The first-order valence-corrected chi connectivity index (χ1v) is 10.1. The van der Waals surface area contributed by atoms with Crippen LogP contribution < -0.4 is 0 Å². The second-order valence-corrected chi connectivity index (χ2v) is 5.95. The van der Waals surface area contributed by atoms with Crippen molar-refractivity contribution in [3.63, 3.8) is 0 Å². The van der Waals surface area contributed by atoms with E-state index in [0.29, 0.717) is 5.56 Å². The molecule has 1 nitrogen and oxygen atoms in total. The third-order valence-electron chi connectivity index (χ3n) is 4.33. The van der Waals surface area contributed by atoms with E-state index in [9.17, 15) is 4.79 Å². The average molecular weight is 373 g/mol. The van der Waals surface area contributed by atoms with Gasteiger partial charge >= 0.3 is 0 Å². The van der Waals surface area contributed by atoms with Crippen LogP contribution in [0.1, 0.15) is 60.3 Å². The van der Waals surface area contributed by atoms with Crippen molar-refractivity contribution >= 4 is 18.4 Å². The van der Waals surface area contributed by atoms with Gasteiger partial charge in [0.25, 0.3) is 0 Å².